The Balaban J connectivity index is 1.65. The van der Waals surface area contributed by atoms with E-state index >= 15 is 0 Å². The molecule has 2 aromatic heterocycles. The number of carbonyl (C=O) groups excluding carboxylic acids is 1. The topological polar surface area (TPSA) is 84.5 Å². The average molecular weight is 326 g/mol. The first kappa shape index (κ1) is 16.0. The molecule has 3 aromatic rings. The van der Waals surface area contributed by atoms with Gasteiger partial charge in [-0.15, -0.1) is 0 Å². The van der Waals surface area contributed by atoms with Crippen molar-refractivity contribution in [3.8, 4) is 0 Å². The summed E-state index contributed by atoms with van der Waals surface area (Å²) < 4.78 is 7.30. The first-order valence-corrected chi connectivity index (χ1v) is 7.66. The van der Waals surface area contributed by atoms with Gasteiger partial charge in [-0.05, 0) is 30.7 Å². The molecular weight excluding hydrogens is 308 g/mol. The largest absolute Gasteiger partial charge is 0.451 e. The number of nitrogens with zero attached hydrogens (tertiary/aromatic N) is 1. The Hall–Kier alpha value is -2.86. The Morgan fingerprint density at radius 2 is 2.08 bits per heavy atom. The normalized spacial score (nSPS) is 12.2. The van der Waals surface area contributed by atoms with E-state index in [1.807, 2.05) is 29.9 Å². The van der Waals surface area contributed by atoms with Crippen LogP contribution in [0.4, 0.5) is 0 Å². The van der Waals surface area contributed by atoms with Gasteiger partial charge < -0.3 is 19.4 Å². The first-order chi connectivity index (χ1) is 11.6. The molecule has 0 aliphatic heterocycles. The van der Waals surface area contributed by atoms with E-state index in [2.05, 4.69) is 5.32 Å². The van der Waals surface area contributed by atoms with Gasteiger partial charge in [0.1, 0.15) is 5.58 Å². The van der Waals surface area contributed by atoms with Crippen molar-refractivity contribution in [1.29, 1.82) is 0 Å². The van der Waals surface area contributed by atoms with Crippen molar-refractivity contribution in [3.05, 3.63) is 70.3 Å². The number of aliphatic hydroxyl groups excluding tert-OH is 1. The molecule has 0 radical (unpaired) electrons. The van der Waals surface area contributed by atoms with Crippen molar-refractivity contribution < 1.29 is 14.3 Å². The molecule has 0 spiro atoms. The van der Waals surface area contributed by atoms with Gasteiger partial charge in [0.25, 0.3) is 5.91 Å². The standard InChI is InChI=1S/C18H18N2O4/c1-20-10-4-6-13(20)14(21)8-9-19-18(23)17-11-15(22)12-5-2-3-7-16(12)24-17/h2-7,10-11,14,21H,8-9H2,1H3,(H,19,23). The van der Waals surface area contributed by atoms with Crippen LogP contribution in [0.3, 0.4) is 0 Å². The van der Waals surface area contributed by atoms with Crippen LogP contribution in [0.2, 0.25) is 0 Å². The molecule has 24 heavy (non-hydrogen) atoms. The van der Waals surface area contributed by atoms with E-state index in [0.29, 0.717) is 17.4 Å². The Morgan fingerprint density at radius 3 is 2.83 bits per heavy atom. The zero-order valence-electron chi connectivity index (χ0n) is 13.2. The fraction of sp³-hybridized carbons (Fsp3) is 0.222. The molecule has 1 amide bonds. The molecule has 0 saturated carbocycles. The number of aryl methyl sites for hydroxylation is 1. The van der Waals surface area contributed by atoms with E-state index in [9.17, 15) is 14.7 Å². The Morgan fingerprint density at radius 1 is 1.29 bits per heavy atom. The van der Waals surface area contributed by atoms with Crippen LogP contribution in [0.25, 0.3) is 11.0 Å². The SMILES string of the molecule is Cn1cccc1C(O)CCNC(=O)c1cc(=O)c2ccccc2o1. The monoisotopic (exact) mass is 326 g/mol. The lowest BCUT2D eigenvalue weighted by Crippen LogP contribution is -2.26. The van der Waals surface area contributed by atoms with Gasteiger partial charge in [0.15, 0.2) is 11.2 Å². The number of hydrogen-bond acceptors (Lipinski definition) is 4. The second-order valence-corrected chi connectivity index (χ2v) is 5.58. The highest BCUT2D eigenvalue weighted by molar-refractivity contribution is 5.93. The van der Waals surface area contributed by atoms with Crippen LogP contribution >= 0.6 is 0 Å². The molecule has 1 aromatic carbocycles. The smallest absolute Gasteiger partial charge is 0.287 e. The molecule has 124 valence electrons. The van der Waals surface area contributed by atoms with Crippen molar-refractivity contribution in [2.75, 3.05) is 6.54 Å². The second-order valence-electron chi connectivity index (χ2n) is 5.58. The summed E-state index contributed by atoms with van der Waals surface area (Å²) in [5, 5.41) is 13.2. The molecule has 6 heteroatoms. The van der Waals surface area contributed by atoms with Gasteiger partial charge in [-0.2, -0.15) is 0 Å². The van der Waals surface area contributed by atoms with Crippen LogP contribution in [-0.2, 0) is 7.05 Å². The molecule has 0 aliphatic rings. The van der Waals surface area contributed by atoms with Crippen LogP contribution < -0.4 is 10.7 Å². The lowest BCUT2D eigenvalue weighted by atomic mass is 10.2. The molecule has 1 atom stereocenters. The molecular formula is C18H18N2O4. The minimum absolute atomic E-state index is 0.0351. The maximum absolute atomic E-state index is 12.1. The quantitative estimate of drug-likeness (QED) is 0.751. The molecule has 0 aliphatic carbocycles. The summed E-state index contributed by atoms with van der Waals surface area (Å²) in [5.74, 6) is -0.510. The number of amides is 1. The number of fused-ring (bicyclic) bond motifs is 1. The number of hydrogen-bond donors (Lipinski definition) is 2. The maximum atomic E-state index is 12.1. The molecule has 1 unspecified atom stereocenters. The molecule has 0 fully saturated rings. The second kappa shape index (κ2) is 6.72. The summed E-state index contributed by atoms with van der Waals surface area (Å²) in [5.41, 5.74) is 0.895. The van der Waals surface area contributed by atoms with Crippen molar-refractivity contribution in [2.24, 2.45) is 7.05 Å². The number of rotatable bonds is 5. The molecule has 0 bridgehead atoms. The fourth-order valence-electron chi connectivity index (χ4n) is 2.59. The Bertz CT molecular complexity index is 926. The van der Waals surface area contributed by atoms with Crippen LogP contribution in [0.1, 0.15) is 28.8 Å². The van der Waals surface area contributed by atoms with E-state index < -0.39 is 12.0 Å². The molecule has 2 heterocycles. The van der Waals surface area contributed by atoms with Crippen LogP contribution in [0.5, 0.6) is 0 Å². The Labute approximate surface area is 138 Å². The van der Waals surface area contributed by atoms with Gasteiger partial charge in [-0.3, -0.25) is 9.59 Å². The van der Waals surface area contributed by atoms with Gasteiger partial charge >= 0.3 is 0 Å². The zero-order valence-corrected chi connectivity index (χ0v) is 13.2. The fourth-order valence-corrected chi connectivity index (χ4v) is 2.59. The third kappa shape index (κ3) is 3.23. The number of benzene rings is 1. The van der Waals surface area contributed by atoms with Crippen LogP contribution in [0.15, 0.2) is 57.9 Å². The lowest BCUT2D eigenvalue weighted by Gasteiger charge is -2.12. The third-order valence-electron chi connectivity index (χ3n) is 3.89. The highest BCUT2D eigenvalue weighted by Gasteiger charge is 2.14. The number of aliphatic hydroxyl groups is 1. The minimum atomic E-state index is -0.672. The van der Waals surface area contributed by atoms with Gasteiger partial charge in [-0.25, -0.2) is 0 Å². The molecule has 0 saturated heterocycles. The summed E-state index contributed by atoms with van der Waals surface area (Å²) in [6, 6.07) is 11.6. The Kier molecular flexibility index (Phi) is 4.48. The molecule has 2 N–H and O–H groups in total. The highest BCUT2D eigenvalue weighted by atomic mass is 16.3. The zero-order chi connectivity index (χ0) is 17.1. The van der Waals surface area contributed by atoms with E-state index in [1.54, 1.807) is 24.3 Å². The van der Waals surface area contributed by atoms with Crippen molar-refractivity contribution in [2.45, 2.75) is 12.5 Å². The third-order valence-corrected chi connectivity index (χ3v) is 3.89. The van der Waals surface area contributed by atoms with Crippen molar-refractivity contribution >= 4 is 16.9 Å². The first-order valence-electron chi connectivity index (χ1n) is 7.66. The number of nitrogens with one attached hydrogen (secondary N) is 1. The van der Waals surface area contributed by atoms with Crippen LogP contribution in [-0.4, -0.2) is 22.1 Å². The average Bonchev–Trinajstić information content (AvgIpc) is 3.00. The van der Waals surface area contributed by atoms with Gasteiger partial charge in [0.2, 0.25) is 0 Å². The predicted octanol–water partition coefficient (Wildman–Crippen LogP) is 1.99. The van der Waals surface area contributed by atoms with Crippen molar-refractivity contribution in [3.63, 3.8) is 0 Å². The summed E-state index contributed by atoms with van der Waals surface area (Å²) in [6.07, 6.45) is 1.54. The van der Waals surface area contributed by atoms with E-state index in [1.165, 1.54) is 6.07 Å². The maximum Gasteiger partial charge on any atom is 0.287 e. The summed E-state index contributed by atoms with van der Waals surface area (Å²) in [7, 11) is 1.85. The number of aromatic nitrogens is 1. The predicted molar refractivity (Wildman–Crippen MR) is 89.8 cm³/mol. The molecule has 6 nitrogen and oxygen atoms in total. The number of carbonyl (C=O) groups is 1. The summed E-state index contributed by atoms with van der Waals surface area (Å²) in [6.45, 7) is 0.266. The highest BCUT2D eigenvalue weighted by Crippen LogP contribution is 2.16. The molecule has 3 rings (SSSR count). The minimum Gasteiger partial charge on any atom is -0.451 e. The van der Waals surface area contributed by atoms with E-state index in [0.717, 1.165) is 5.69 Å². The van der Waals surface area contributed by atoms with Crippen molar-refractivity contribution in [1.82, 2.24) is 9.88 Å². The van der Waals surface area contributed by atoms with Gasteiger partial charge in [-0.1, -0.05) is 12.1 Å². The summed E-state index contributed by atoms with van der Waals surface area (Å²) in [4.78, 5) is 24.1. The van der Waals surface area contributed by atoms with E-state index in [-0.39, 0.29) is 17.7 Å². The van der Waals surface area contributed by atoms with Gasteiger partial charge in [0.05, 0.1) is 11.5 Å². The van der Waals surface area contributed by atoms with E-state index in [4.69, 9.17) is 4.42 Å². The van der Waals surface area contributed by atoms with Crippen LogP contribution in [0, 0.1) is 0 Å². The van der Waals surface area contributed by atoms with Gasteiger partial charge in [0, 0.05) is 31.5 Å². The lowest BCUT2D eigenvalue weighted by molar-refractivity contribution is 0.0914. The summed E-state index contributed by atoms with van der Waals surface area (Å²) >= 11 is 0. The number of para-hydroxylation sites is 1.